The number of hydrogen-bond donors (Lipinski definition) is 2. The Bertz CT molecular complexity index is 1110. The second kappa shape index (κ2) is 7.75. The monoisotopic (exact) mass is 427 g/mol. The molecule has 158 valence electrons. The van der Waals surface area contributed by atoms with Gasteiger partial charge in [-0.2, -0.15) is 0 Å². The maximum absolute atomic E-state index is 12.7. The van der Waals surface area contributed by atoms with Crippen LogP contribution in [0.15, 0.2) is 35.2 Å². The van der Waals surface area contributed by atoms with Gasteiger partial charge in [0.1, 0.15) is 0 Å². The van der Waals surface area contributed by atoms with Gasteiger partial charge in [-0.05, 0) is 79.0 Å². The number of nitrogens with zero attached hydrogens (tertiary/aromatic N) is 1. The van der Waals surface area contributed by atoms with Gasteiger partial charge < -0.3 is 10.2 Å². The molecule has 4 rings (SSSR count). The smallest absolute Gasteiger partial charge is 0.333 e. The van der Waals surface area contributed by atoms with E-state index in [0.29, 0.717) is 0 Å². The number of carbonyl (C=O) groups is 2. The molecule has 0 saturated heterocycles. The van der Waals surface area contributed by atoms with Crippen LogP contribution in [0.3, 0.4) is 0 Å². The summed E-state index contributed by atoms with van der Waals surface area (Å²) in [4.78, 5) is 26.0. The number of nitrogens with one attached hydrogen (secondary N) is 2. The van der Waals surface area contributed by atoms with Gasteiger partial charge in [-0.25, -0.2) is 17.9 Å². The number of sulfonamides is 1. The fourth-order valence-corrected chi connectivity index (χ4v) is 5.29. The predicted octanol–water partition coefficient (Wildman–Crippen LogP) is 2.88. The summed E-state index contributed by atoms with van der Waals surface area (Å²) in [6, 6.07) is 7.12. The molecule has 0 atom stereocenters. The summed E-state index contributed by atoms with van der Waals surface area (Å²) >= 11 is 0. The Kier molecular flexibility index (Phi) is 5.27. The molecule has 0 radical (unpaired) electrons. The van der Waals surface area contributed by atoms with Crippen LogP contribution in [0.25, 0.3) is 0 Å². The van der Waals surface area contributed by atoms with Crippen LogP contribution in [0.4, 0.5) is 10.5 Å². The third kappa shape index (κ3) is 3.79. The van der Waals surface area contributed by atoms with Crippen molar-refractivity contribution < 1.29 is 18.0 Å². The summed E-state index contributed by atoms with van der Waals surface area (Å²) in [7, 11) is -0.944. The summed E-state index contributed by atoms with van der Waals surface area (Å²) in [5.41, 5.74) is 5.78. The van der Waals surface area contributed by atoms with E-state index in [1.54, 1.807) is 14.1 Å². The van der Waals surface area contributed by atoms with E-state index < -0.39 is 16.1 Å². The number of benzene rings is 2. The molecule has 0 saturated carbocycles. The van der Waals surface area contributed by atoms with Crippen LogP contribution >= 0.6 is 0 Å². The van der Waals surface area contributed by atoms with E-state index in [9.17, 15) is 18.0 Å². The first-order valence-corrected chi connectivity index (χ1v) is 11.6. The second-order valence-corrected chi connectivity index (χ2v) is 9.70. The highest BCUT2D eigenvalue weighted by molar-refractivity contribution is 7.90. The molecule has 8 heteroatoms. The van der Waals surface area contributed by atoms with E-state index >= 15 is 0 Å². The average molecular weight is 428 g/mol. The van der Waals surface area contributed by atoms with Gasteiger partial charge in [-0.15, -0.1) is 0 Å². The van der Waals surface area contributed by atoms with Crippen molar-refractivity contribution in [1.82, 2.24) is 9.62 Å². The lowest BCUT2D eigenvalue weighted by molar-refractivity contribution is 0.0827. The standard InChI is InChI=1S/C22H25N3O4S/c1-25(2)21(26)16-8-3-9-17(13-16)30(28,29)24-22(27)23-20-18-10-4-6-14(18)12-15-7-5-11-19(15)20/h3,8-9,12-13H,4-7,10-11H2,1-2H3,(H2,23,24,27). The molecule has 0 fully saturated rings. The maximum Gasteiger partial charge on any atom is 0.333 e. The van der Waals surface area contributed by atoms with Crippen LogP contribution in [0, 0.1) is 0 Å². The first-order valence-electron chi connectivity index (χ1n) is 10.1. The van der Waals surface area contributed by atoms with Gasteiger partial charge in [0.25, 0.3) is 15.9 Å². The van der Waals surface area contributed by atoms with Crippen LogP contribution < -0.4 is 10.0 Å². The molecule has 0 heterocycles. The number of anilines is 1. The van der Waals surface area contributed by atoms with Crippen molar-refractivity contribution >= 4 is 27.6 Å². The highest BCUT2D eigenvalue weighted by Gasteiger charge is 2.26. The van der Waals surface area contributed by atoms with E-state index in [2.05, 4.69) is 16.1 Å². The number of rotatable bonds is 4. The molecule has 0 aliphatic heterocycles. The molecule has 3 amide bonds. The zero-order valence-corrected chi connectivity index (χ0v) is 17.9. The fourth-order valence-electron chi connectivity index (χ4n) is 4.34. The summed E-state index contributed by atoms with van der Waals surface area (Å²) in [5, 5.41) is 2.82. The third-order valence-electron chi connectivity index (χ3n) is 5.74. The van der Waals surface area contributed by atoms with Crippen LogP contribution in [-0.2, 0) is 35.7 Å². The molecule has 0 unspecified atom stereocenters. The zero-order valence-electron chi connectivity index (χ0n) is 17.1. The van der Waals surface area contributed by atoms with E-state index in [1.807, 2.05) is 0 Å². The Morgan fingerprint density at radius 3 is 2.17 bits per heavy atom. The van der Waals surface area contributed by atoms with Crippen molar-refractivity contribution in [2.24, 2.45) is 0 Å². The zero-order chi connectivity index (χ0) is 21.5. The maximum atomic E-state index is 12.7. The minimum absolute atomic E-state index is 0.131. The Balaban J connectivity index is 1.57. The number of amides is 3. The molecule has 2 N–H and O–H groups in total. The first kappa shape index (κ1) is 20.4. The van der Waals surface area contributed by atoms with E-state index in [4.69, 9.17) is 0 Å². The summed E-state index contributed by atoms with van der Waals surface area (Å²) in [6.07, 6.45) is 5.84. The van der Waals surface area contributed by atoms with Crippen LogP contribution in [0.2, 0.25) is 0 Å². The van der Waals surface area contributed by atoms with Gasteiger partial charge in [-0.1, -0.05) is 12.1 Å². The molecule has 2 aliphatic carbocycles. The molecule has 7 nitrogen and oxygen atoms in total. The van der Waals surface area contributed by atoms with E-state index in [1.165, 1.54) is 40.3 Å². The lowest BCUT2D eigenvalue weighted by Gasteiger charge is -2.17. The average Bonchev–Trinajstić information content (AvgIpc) is 3.36. The van der Waals surface area contributed by atoms with Crippen molar-refractivity contribution in [3.05, 3.63) is 58.1 Å². The lowest BCUT2D eigenvalue weighted by Crippen LogP contribution is -2.35. The summed E-state index contributed by atoms with van der Waals surface area (Å²) in [6.45, 7) is 0. The number of urea groups is 1. The van der Waals surface area contributed by atoms with Crippen molar-refractivity contribution in [3.8, 4) is 0 Å². The Morgan fingerprint density at radius 2 is 1.57 bits per heavy atom. The van der Waals surface area contributed by atoms with Crippen LogP contribution in [0.1, 0.15) is 45.5 Å². The Hall–Kier alpha value is -2.87. The summed E-state index contributed by atoms with van der Waals surface area (Å²) < 4.78 is 27.6. The number of fused-ring (bicyclic) bond motifs is 2. The quantitative estimate of drug-likeness (QED) is 0.784. The lowest BCUT2D eigenvalue weighted by atomic mass is 9.99. The molecule has 0 aromatic heterocycles. The second-order valence-electron chi connectivity index (χ2n) is 8.02. The van der Waals surface area contributed by atoms with E-state index in [-0.39, 0.29) is 16.4 Å². The third-order valence-corrected chi connectivity index (χ3v) is 7.06. The molecule has 2 aromatic rings. The van der Waals surface area contributed by atoms with Crippen molar-refractivity contribution in [2.45, 2.75) is 43.4 Å². The van der Waals surface area contributed by atoms with Crippen molar-refractivity contribution in [3.63, 3.8) is 0 Å². The Labute approximate surface area is 176 Å². The molecular formula is C22H25N3O4S. The first-order chi connectivity index (χ1) is 14.3. The van der Waals surface area contributed by atoms with Gasteiger partial charge in [-0.3, -0.25) is 4.79 Å². The van der Waals surface area contributed by atoms with E-state index in [0.717, 1.165) is 55.3 Å². The number of hydrogen-bond acceptors (Lipinski definition) is 4. The van der Waals surface area contributed by atoms with Gasteiger partial charge in [0.2, 0.25) is 0 Å². The molecule has 30 heavy (non-hydrogen) atoms. The SMILES string of the molecule is CN(C)C(=O)c1cccc(S(=O)(=O)NC(=O)Nc2c3c(cc4c2CCC4)CCC3)c1. The summed E-state index contributed by atoms with van der Waals surface area (Å²) in [5.74, 6) is -0.313. The highest BCUT2D eigenvalue weighted by Crippen LogP contribution is 2.38. The van der Waals surface area contributed by atoms with Gasteiger partial charge in [0.05, 0.1) is 4.90 Å². The molecule has 2 aliphatic rings. The predicted molar refractivity (Wildman–Crippen MR) is 114 cm³/mol. The largest absolute Gasteiger partial charge is 0.345 e. The number of carbonyl (C=O) groups excluding carboxylic acids is 2. The van der Waals surface area contributed by atoms with Crippen LogP contribution in [0.5, 0.6) is 0 Å². The Morgan fingerprint density at radius 1 is 0.933 bits per heavy atom. The van der Waals surface area contributed by atoms with Crippen molar-refractivity contribution in [2.75, 3.05) is 19.4 Å². The highest BCUT2D eigenvalue weighted by atomic mass is 32.2. The molecule has 0 spiro atoms. The van der Waals surface area contributed by atoms with Gasteiger partial charge in [0.15, 0.2) is 0 Å². The molecule has 0 bridgehead atoms. The number of aryl methyl sites for hydroxylation is 2. The topological polar surface area (TPSA) is 95.6 Å². The molecule has 2 aromatic carbocycles. The van der Waals surface area contributed by atoms with Crippen LogP contribution in [-0.4, -0.2) is 39.4 Å². The normalized spacial score (nSPS) is 14.7. The molecular weight excluding hydrogens is 402 g/mol. The van der Waals surface area contributed by atoms with Gasteiger partial charge in [0, 0.05) is 25.3 Å². The van der Waals surface area contributed by atoms with Crippen molar-refractivity contribution in [1.29, 1.82) is 0 Å². The minimum atomic E-state index is -4.12. The van der Waals surface area contributed by atoms with Gasteiger partial charge >= 0.3 is 6.03 Å². The fraction of sp³-hybridized carbons (Fsp3) is 0.364. The minimum Gasteiger partial charge on any atom is -0.345 e.